The Kier molecular flexibility index (Phi) is 5.91. The molecule has 2 aromatic carbocycles. The Morgan fingerprint density at radius 1 is 0.682 bits per heavy atom. The number of methoxy groups -OCH3 is 3. The monoisotopic (exact) mass is 304 g/mol. The Labute approximate surface area is 130 Å². The van der Waals surface area contributed by atoms with E-state index in [2.05, 4.69) is 0 Å². The summed E-state index contributed by atoms with van der Waals surface area (Å²) in [6.45, 7) is 0.273. The normalized spacial score (nSPS) is 11.6. The topological polar surface area (TPSA) is 46.2 Å². The molecule has 0 heterocycles. The molecule has 0 aromatic heterocycles. The zero-order valence-corrected chi connectivity index (χ0v) is 12.9. The van der Waals surface area contributed by atoms with E-state index in [1.165, 1.54) is 0 Å². The lowest BCUT2D eigenvalue weighted by Gasteiger charge is -2.18. The van der Waals surface area contributed by atoms with Gasteiger partial charge >= 0.3 is 0 Å². The molecular weight excluding hydrogens is 284 g/mol. The van der Waals surface area contributed by atoms with E-state index in [1.807, 2.05) is 48.5 Å². The summed E-state index contributed by atoms with van der Waals surface area (Å²) in [5, 5.41) is 0. The molecule has 0 aliphatic heterocycles. The molecule has 1 atom stereocenters. The van der Waals surface area contributed by atoms with E-state index >= 15 is 0 Å². The third-order valence-corrected chi connectivity index (χ3v) is 3.04. The predicted molar refractivity (Wildman–Crippen MR) is 82.9 cm³/mol. The quantitative estimate of drug-likeness (QED) is 0.701. The maximum Gasteiger partial charge on any atom is 0.234 e. The largest absolute Gasteiger partial charge is 0.497 e. The molecular formula is C17H20O5. The van der Waals surface area contributed by atoms with Crippen LogP contribution in [-0.2, 0) is 4.74 Å². The van der Waals surface area contributed by atoms with Gasteiger partial charge in [-0.15, -0.1) is 0 Å². The predicted octanol–water partition coefficient (Wildman–Crippen LogP) is 3.13. The minimum atomic E-state index is -0.504. The Morgan fingerprint density at radius 2 is 1.14 bits per heavy atom. The van der Waals surface area contributed by atoms with Crippen molar-refractivity contribution in [2.45, 2.75) is 6.29 Å². The SMILES string of the molecule is COc1ccc(OCC(OC)Oc2ccc(OC)cc2)cc1. The van der Waals surface area contributed by atoms with E-state index in [1.54, 1.807) is 21.3 Å². The van der Waals surface area contributed by atoms with Gasteiger partial charge in [0.2, 0.25) is 6.29 Å². The van der Waals surface area contributed by atoms with E-state index in [0.29, 0.717) is 5.75 Å². The van der Waals surface area contributed by atoms with Crippen molar-refractivity contribution in [3.63, 3.8) is 0 Å². The first-order valence-electron chi connectivity index (χ1n) is 6.85. The fourth-order valence-corrected chi connectivity index (χ4v) is 1.79. The van der Waals surface area contributed by atoms with Crippen LogP contribution in [0.4, 0.5) is 0 Å². The third kappa shape index (κ3) is 4.56. The second-order valence-electron chi connectivity index (χ2n) is 4.45. The first kappa shape index (κ1) is 16.0. The van der Waals surface area contributed by atoms with Gasteiger partial charge in [0, 0.05) is 7.11 Å². The van der Waals surface area contributed by atoms with Crippen molar-refractivity contribution in [1.29, 1.82) is 0 Å². The van der Waals surface area contributed by atoms with Gasteiger partial charge < -0.3 is 23.7 Å². The zero-order chi connectivity index (χ0) is 15.8. The molecule has 5 nitrogen and oxygen atoms in total. The van der Waals surface area contributed by atoms with Crippen molar-refractivity contribution < 1.29 is 23.7 Å². The highest BCUT2D eigenvalue weighted by Crippen LogP contribution is 2.20. The zero-order valence-electron chi connectivity index (χ0n) is 12.9. The summed E-state index contributed by atoms with van der Waals surface area (Å²) in [5.74, 6) is 2.97. The molecule has 0 spiro atoms. The van der Waals surface area contributed by atoms with Gasteiger partial charge in [-0.1, -0.05) is 0 Å². The highest BCUT2D eigenvalue weighted by atomic mass is 16.7. The maximum absolute atomic E-state index is 5.70. The molecule has 0 aliphatic rings. The van der Waals surface area contributed by atoms with E-state index in [9.17, 15) is 0 Å². The first-order valence-corrected chi connectivity index (χ1v) is 6.85. The summed E-state index contributed by atoms with van der Waals surface area (Å²) in [6, 6.07) is 14.6. The van der Waals surface area contributed by atoms with Crippen molar-refractivity contribution in [3.05, 3.63) is 48.5 Å². The fraction of sp³-hybridized carbons (Fsp3) is 0.294. The van der Waals surface area contributed by atoms with E-state index in [4.69, 9.17) is 23.7 Å². The molecule has 0 saturated carbocycles. The Hall–Kier alpha value is -2.40. The lowest BCUT2D eigenvalue weighted by atomic mass is 10.3. The van der Waals surface area contributed by atoms with Crippen molar-refractivity contribution in [1.82, 2.24) is 0 Å². The Bertz CT molecular complexity index is 550. The molecule has 1 unspecified atom stereocenters. The third-order valence-electron chi connectivity index (χ3n) is 3.04. The lowest BCUT2D eigenvalue weighted by molar-refractivity contribution is -0.0781. The van der Waals surface area contributed by atoms with Crippen molar-refractivity contribution in [2.75, 3.05) is 27.9 Å². The van der Waals surface area contributed by atoms with Crippen LogP contribution in [0.3, 0.4) is 0 Å². The molecule has 118 valence electrons. The number of hydrogen-bond acceptors (Lipinski definition) is 5. The summed E-state index contributed by atoms with van der Waals surface area (Å²) in [4.78, 5) is 0. The van der Waals surface area contributed by atoms with Gasteiger partial charge in [0.25, 0.3) is 0 Å². The van der Waals surface area contributed by atoms with Gasteiger partial charge in [0.1, 0.15) is 23.0 Å². The first-order chi connectivity index (χ1) is 10.7. The Morgan fingerprint density at radius 3 is 1.59 bits per heavy atom. The van der Waals surface area contributed by atoms with E-state index in [-0.39, 0.29) is 6.61 Å². The van der Waals surface area contributed by atoms with Crippen LogP contribution in [0.15, 0.2) is 48.5 Å². The molecule has 5 heteroatoms. The number of ether oxygens (including phenoxy) is 5. The van der Waals surface area contributed by atoms with Crippen LogP contribution in [0, 0.1) is 0 Å². The second kappa shape index (κ2) is 8.14. The second-order valence-corrected chi connectivity index (χ2v) is 4.45. The van der Waals surface area contributed by atoms with Crippen LogP contribution < -0.4 is 18.9 Å². The summed E-state index contributed by atoms with van der Waals surface area (Å²) in [5.41, 5.74) is 0. The number of hydrogen-bond donors (Lipinski definition) is 0. The van der Waals surface area contributed by atoms with Crippen LogP contribution >= 0.6 is 0 Å². The minimum absolute atomic E-state index is 0.273. The van der Waals surface area contributed by atoms with E-state index < -0.39 is 6.29 Å². The smallest absolute Gasteiger partial charge is 0.234 e. The van der Waals surface area contributed by atoms with Gasteiger partial charge in [-0.25, -0.2) is 0 Å². The molecule has 22 heavy (non-hydrogen) atoms. The van der Waals surface area contributed by atoms with Gasteiger partial charge in [0.15, 0.2) is 6.61 Å². The highest BCUT2D eigenvalue weighted by Gasteiger charge is 2.10. The molecule has 0 aliphatic carbocycles. The van der Waals surface area contributed by atoms with Crippen molar-refractivity contribution in [2.24, 2.45) is 0 Å². The minimum Gasteiger partial charge on any atom is -0.497 e. The van der Waals surface area contributed by atoms with Crippen LogP contribution in [0.2, 0.25) is 0 Å². The summed E-state index contributed by atoms with van der Waals surface area (Å²) < 4.78 is 26.8. The molecule has 0 fully saturated rings. The van der Waals surface area contributed by atoms with Crippen LogP contribution in [0.5, 0.6) is 23.0 Å². The Balaban J connectivity index is 1.87. The number of rotatable bonds is 8. The average molecular weight is 304 g/mol. The van der Waals surface area contributed by atoms with Gasteiger partial charge in [-0.05, 0) is 48.5 Å². The van der Waals surface area contributed by atoms with Crippen molar-refractivity contribution in [3.8, 4) is 23.0 Å². The summed E-state index contributed by atoms with van der Waals surface area (Å²) >= 11 is 0. The lowest BCUT2D eigenvalue weighted by Crippen LogP contribution is -2.26. The van der Waals surface area contributed by atoms with Crippen LogP contribution in [0.1, 0.15) is 0 Å². The summed E-state index contributed by atoms with van der Waals surface area (Å²) in [7, 11) is 4.82. The summed E-state index contributed by atoms with van der Waals surface area (Å²) in [6.07, 6.45) is -0.504. The molecule has 2 rings (SSSR count). The molecule has 0 bridgehead atoms. The molecule has 0 N–H and O–H groups in total. The molecule has 2 aromatic rings. The van der Waals surface area contributed by atoms with E-state index in [0.717, 1.165) is 17.2 Å². The molecule has 0 amide bonds. The molecule has 0 radical (unpaired) electrons. The van der Waals surface area contributed by atoms with Crippen molar-refractivity contribution >= 4 is 0 Å². The maximum atomic E-state index is 5.70. The fourth-order valence-electron chi connectivity index (χ4n) is 1.79. The van der Waals surface area contributed by atoms with Crippen LogP contribution in [0.25, 0.3) is 0 Å². The molecule has 0 saturated heterocycles. The van der Waals surface area contributed by atoms with Gasteiger partial charge in [-0.2, -0.15) is 0 Å². The van der Waals surface area contributed by atoms with Gasteiger partial charge in [-0.3, -0.25) is 0 Å². The average Bonchev–Trinajstić information content (AvgIpc) is 2.59. The number of benzene rings is 2. The van der Waals surface area contributed by atoms with Gasteiger partial charge in [0.05, 0.1) is 14.2 Å². The van der Waals surface area contributed by atoms with Crippen LogP contribution in [-0.4, -0.2) is 34.2 Å². The highest BCUT2D eigenvalue weighted by molar-refractivity contribution is 5.32. The standard InChI is InChI=1S/C17H20O5/c1-18-13-4-8-15(9-5-13)21-12-17(20-3)22-16-10-6-14(19-2)7-11-16/h4-11,17H,12H2,1-3H3.